The second-order valence-electron chi connectivity index (χ2n) is 4.98. The zero-order valence-electron chi connectivity index (χ0n) is 11.5. The SMILES string of the molecule is CCCCN(C1CCS(=O)(=O)C1)S(=O)(=O)CCC(=O)O. The summed E-state index contributed by atoms with van der Waals surface area (Å²) in [6.45, 7) is 2.16. The van der Waals surface area contributed by atoms with Crippen LogP contribution in [-0.4, -0.2) is 62.1 Å². The van der Waals surface area contributed by atoms with Gasteiger partial charge in [-0.25, -0.2) is 16.8 Å². The van der Waals surface area contributed by atoms with Gasteiger partial charge in [0, 0.05) is 12.6 Å². The Kier molecular flexibility index (Phi) is 5.96. The maximum absolute atomic E-state index is 12.2. The second kappa shape index (κ2) is 6.86. The van der Waals surface area contributed by atoms with Gasteiger partial charge in [-0.05, 0) is 12.8 Å². The maximum atomic E-state index is 12.2. The van der Waals surface area contributed by atoms with E-state index in [1.54, 1.807) is 0 Å². The van der Waals surface area contributed by atoms with Gasteiger partial charge >= 0.3 is 5.97 Å². The first kappa shape index (κ1) is 17.4. The van der Waals surface area contributed by atoms with E-state index < -0.39 is 44.0 Å². The number of nitrogens with zero attached hydrogens (tertiary/aromatic N) is 1. The molecular weight excluding hydrogens is 306 g/mol. The van der Waals surface area contributed by atoms with Crippen molar-refractivity contribution in [1.82, 2.24) is 4.31 Å². The van der Waals surface area contributed by atoms with Crippen LogP contribution in [-0.2, 0) is 24.7 Å². The van der Waals surface area contributed by atoms with Crippen LogP contribution in [0.4, 0.5) is 0 Å². The minimum Gasteiger partial charge on any atom is -0.481 e. The molecule has 0 bridgehead atoms. The lowest BCUT2D eigenvalue weighted by atomic mass is 10.2. The third-order valence-electron chi connectivity index (χ3n) is 3.28. The largest absolute Gasteiger partial charge is 0.481 e. The Hall–Kier alpha value is -0.670. The normalized spacial score (nSPS) is 22.2. The number of carboxylic acid groups (broad SMARTS) is 1. The Bertz CT molecular complexity index is 539. The van der Waals surface area contributed by atoms with E-state index in [2.05, 4.69) is 0 Å². The number of rotatable bonds is 8. The van der Waals surface area contributed by atoms with Crippen LogP contribution in [0.25, 0.3) is 0 Å². The fourth-order valence-corrected chi connectivity index (χ4v) is 5.73. The average molecular weight is 327 g/mol. The molecule has 0 aromatic rings. The third-order valence-corrected chi connectivity index (χ3v) is 6.94. The van der Waals surface area contributed by atoms with Gasteiger partial charge in [-0.15, -0.1) is 0 Å². The Morgan fingerprint density at radius 2 is 2.05 bits per heavy atom. The molecule has 0 aromatic heterocycles. The molecule has 1 N–H and O–H groups in total. The van der Waals surface area contributed by atoms with E-state index in [9.17, 15) is 21.6 Å². The summed E-state index contributed by atoms with van der Waals surface area (Å²) >= 11 is 0. The van der Waals surface area contributed by atoms with Crippen LogP contribution < -0.4 is 0 Å². The van der Waals surface area contributed by atoms with Crippen LogP contribution in [0.1, 0.15) is 32.6 Å². The Balaban J connectivity index is 2.86. The summed E-state index contributed by atoms with van der Waals surface area (Å²) in [5.74, 6) is -1.83. The molecule has 118 valence electrons. The highest BCUT2D eigenvalue weighted by Gasteiger charge is 2.37. The van der Waals surface area contributed by atoms with Crippen molar-refractivity contribution < 1.29 is 26.7 Å². The standard InChI is InChI=1S/C11H21NO6S2/c1-2-3-6-12(10-4-7-19(15,16)9-10)20(17,18)8-5-11(13)14/h10H,2-9H2,1H3,(H,13,14). The fourth-order valence-electron chi connectivity index (χ4n) is 2.20. The molecule has 0 saturated carbocycles. The number of hydrogen-bond donors (Lipinski definition) is 1. The van der Waals surface area contributed by atoms with Crippen molar-refractivity contribution in [3.8, 4) is 0 Å². The molecule has 1 aliphatic heterocycles. The monoisotopic (exact) mass is 327 g/mol. The summed E-state index contributed by atoms with van der Waals surface area (Å²) in [4.78, 5) is 10.5. The molecule has 0 radical (unpaired) electrons. The van der Waals surface area contributed by atoms with Gasteiger partial charge in [-0.2, -0.15) is 4.31 Å². The minimum atomic E-state index is -3.74. The predicted molar refractivity (Wildman–Crippen MR) is 74.7 cm³/mol. The number of unbranched alkanes of at least 4 members (excludes halogenated alkanes) is 1. The molecule has 0 spiro atoms. The van der Waals surface area contributed by atoms with Crippen molar-refractivity contribution in [2.75, 3.05) is 23.8 Å². The lowest BCUT2D eigenvalue weighted by Gasteiger charge is -2.27. The van der Waals surface area contributed by atoms with Gasteiger partial charge in [-0.1, -0.05) is 13.3 Å². The molecular formula is C11H21NO6S2. The van der Waals surface area contributed by atoms with Crippen LogP contribution in [0.5, 0.6) is 0 Å². The summed E-state index contributed by atoms with van der Waals surface area (Å²) in [5, 5.41) is 8.60. The van der Waals surface area contributed by atoms with Gasteiger partial charge in [0.05, 0.1) is 23.7 Å². The summed E-state index contributed by atoms with van der Waals surface area (Å²) in [7, 11) is -6.91. The molecule has 0 amide bonds. The Morgan fingerprint density at radius 1 is 1.40 bits per heavy atom. The number of carboxylic acids is 1. The van der Waals surface area contributed by atoms with E-state index in [1.165, 1.54) is 4.31 Å². The van der Waals surface area contributed by atoms with Crippen molar-refractivity contribution >= 4 is 25.8 Å². The van der Waals surface area contributed by atoms with Crippen molar-refractivity contribution in [3.63, 3.8) is 0 Å². The number of hydrogen-bond acceptors (Lipinski definition) is 5. The molecule has 1 unspecified atom stereocenters. The highest BCUT2D eigenvalue weighted by Crippen LogP contribution is 2.22. The minimum absolute atomic E-state index is 0.00522. The Morgan fingerprint density at radius 3 is 2.50 bits per heavy atom. The van der Waals surface area contributed by atoms with Gasteiger partial charge in [0.15, 0.2) is 9.84 Å². The van der Waals surface area contributed by atoms with Gasteiger partial charge in [-0.3, -0.25) is 4.79 Å². The zero-order valence-corrected chi connectivity index (χ0v) is 13.1. The first-order valence-electron chi connectivity index (χ1n) is 6.59. The van der Waals surface area contributed by atoms with Gasteiger partial charge in [0.1, 0.15) is 0 Å². The topological polar surface area (TPSA) is 109 Å². The molecule has 1 aliphatic rings. The number of carbonyl (C=O) groups is 1. The van der Waals surface area contributed by atoms with E-state index in [0.717, 1.165) is 6.42 Å². The lowest BCUT2D eigenvalue weighted by Crippen LogP contribution is -2.43. The average Bonchev–Trinajstić information content (AvgIpc) is 2.67. The highest BCUT2D eigenvalue weighted by molar-refractivity contribution is 7.92. The summed E-state index contributed by atoms with van der Waals surface area (Å²) < 4.78 is 48.6. The van der Waals surface area contributed by atoms with Crippen LogP contribution in [0.15, 0.2) is 0 Å². The molecule has 0 aromatic carbocycles. The number of sulfone groups is 1. The smallest absolute Gasteiger partial charge is 0.304 e. The number of sulfonamides is 1. The highest BCUT2D eigenvalue weighted by atomic mass is 32.2. The van der Waals surface area contributed by atoms with Crippen LogP contribution in [0.3, 0.4) is 0 Å². The van der Waals surface area contributed by atoms with Crippen LogP contribution >= 0.6 is 0 Å². The molecule has 9 heteroatoms. The van der Waals surface area contributed by atoms with Crippen molar-refractivity contribution in [2.45, 2.75) is 38.6 Å². The van der Waals surface area contributed by atoms with E-state index in [-0.39, 0.29) is 18.1 Å². The molecule has 0 aliphatic carbocycles. The first-order chi connectivity index (χ1) is 9.18. The van der Waals surface area contributed by atoms with Crippen molar-refractivity contribution in [3.05, 3.63) is 0 Å². The van der Waals surface area contributed by atoms with E-state index in [4.69, 9.17) is 5.11 Å². The Labute approximate surface area is 119 Å². The first-order valence-corrected chi connectivity index (χ1v) is 10.0. The zero-order chi connectivity index (χ0) is 15.4. The third kappa shape index (κ3) is 5.02. The fraction of sp³-hybridized carbons (Fsp3) is 0.909. The van der Waals surface area contributed by atoms with Gasteiger partial charge in [0.2, 0.25) is 10.0 Å². The number of aliphatic carboxylic acids is 1. The van der Waals surface area contributed by atoms with Gasteiger partial charge < -0.3 is 5.11 Å². The molecule has 1 atom stereocenters. The summed E-state index contributed by atoms with van der Waals surface area (Å²) in [6.07, 6.45) is 1.23. The molecule has 1 saturated heterocycles. The van der Waals surface area contributed by atoms with E-state index in [0.29, 0.717) is 12.8 Å². The van der Waals surface area contributed by atoms with E-state index in [1.807, 2.05) is 6.92 Å². The quantitative estimate of drug-likeness (QED) is 0.676. The molecule has 1 heterocycles. The van der Waals surface area contributed by atoms with E-state index >= 15 is 0 Å². The van der Waals surface area contributed by atoms with Crippen molar-refractivity contribution in [2.24, 2.45) is 0 Å². The summed E-state index contributed by atoms with van der Waals surface area (Å²) in [5.41, 5.74) is 0. The lowest BCUT2D eigenvalue weighted by molar-refractivity contribution is -0.136. The van der Waals surface area contributed by atoms with Crippen molar-refractivity contribution in [1.29, 1.82) is 0 Å². The van der Waals surface area contributed by atoms with Crippen LogP contribution in [0.2, 0.25) is 0 Å². The molecule has 1 rings (SSSR count). The maximum Gasteiger partial charge on any atom is 0.304 e. The molecule has 7 nitrogen and oxygen atoms in total. The summed E-state index contributed by atoms with van der Waals surface area (Å²) in [6, 6.07) is -0.551. The van der Waals surface area contributed by atoms with Crippen LogP contribution in [0, 0.1) is 0 Å². The predicted octanol–water partition coefficient (Wildman–Crippen LogP) is 0.0801. The van der Waals surface area contributed by atoms with Gasteiger partial charge in [0.25, 0.3) is 0 Å². The molecule has 1 fully saturated rings. The second-order valence-corrected chi connectivity index (χ2v) is 9.25. The molecule has 20 heavy (non-hydrogen) atoms.